The minimum atomic E-state index is -0.488. The first-order chi connectivity index (χ1) is 8.29. The van der Waals surface area contributed by atoms with Gasteiger partial charge in [0.15, 0.2) is 0 Å². The van der Waals surface area contributed by atoms with Crippen molar-refractivity contribution in [3.05, 3.63) is 65.5 Å². The van der Waals surface area contributed by atoms with Gasteiger partial charge in [0, 0.05) is 12.2 Å². The molecule has 17 heavy (non-hydrogen) atoms. The Hall–Kier alpha value is -2.34. The maximum atomic E-state index is 13.1. The molecule has 2 rings (SSSR count). The molecule has 0 bridgehead atoms. The van der Waals surface area contributed by atoms with Crippen LogP contribution in [0.25, 0.3) is 0 Å². The molecule has 2 aromatic rings. The van der Waals surface area contributed by atoms with E-state index in [-0.39, 0.29) is 5.56 Å². The minimum Gasteiger partial charge on any atom is -0.381 e. The number of rotatable bonds is 3. The molecule has 0 amide bonds. The molecule has 0 aliphatic carbocycles. The van der Waals surface area contributed by atoms with Gasteiger partial charge in [-0.15, -0.1) is 0 Å². The number of hydrogen-bond acceptors (Lipinski definition) is 2. The first kappa shape index (κ1) is 11.2. The summed E-state index contributed by atoms with van der Waals surface area (Å²) in [4.78, 5) is 0. The van der Waals surface area contributed by atoms with Crippen LogP contribution in [0.5, 0.6) is 0 Å². The lowest BCUT2D eigenvalue weighted by molar-refractivity contribution is 0.624. The standard InChI is InChI=1S/C14H11FN2/c15-14-7-6-13(8-12(14)9-16)17-10-11-4-2-1-3-5-11/h1-8,17H,10H2. The molecule has 0 heterocycles. The van der Waals surface area contributed by atoms with E-state index in [1.165, 1.54) is 12.1 Å². The zero-order chi connectivity index (χ0) is 12.1. The van der Waals surface area contributed by atoms with E-state index in [0.29, 0.717) is 6.54 Å². The van der Waals surface area contributed by atoms with Gasteiger partial charge in [0.05, 0.1) is 5.56 Å². The van der Waals surface area contributed by atoms with E-state index < -0.39 is 5.82 Å². The van der Waals surface area contributed by atoms with E-state index in [9.17, 15) is 4.39 Å². The predicted molar refractivity (Wildman–Crippen MR) is 64.9 cm³/mol. The topological polar surface area (TPSA) is 35.8 Å². The largest absolute Gasteiger partial charge is 0.381 e. The Labute approximate surface area is 99.3 Å². The van der Waals surface area contributed by atoms with Gasteiger partial charge in [-0.05, 0) is 23.8 Å². The van der Waals surface area contributed by atoms with Crippen LogP contribution in [-0.2, 0) is 6.54 Å². The van der Waals surface area contributed by atoms with Crippen LogP contribution in [0, 0.1) is 17.1 Å². The molecule has 0 radical (unpaired) electrons. The van der Waals surface area contributed by atoms with E-state index in [1.807, 2.05) is 36.4 Å². The van der Waals surface area contributed by atoms with Crippen LogP contribution in [0.2, 0.25) is 0 Å². The van der Waals surface area contributed by atoms with Crippen LogP contribution in [0.1, 0.15) is 11.1 Å². The predicted octanol–water partition coefficient (Wildman–Crippen LogP) is 3.31. The van der Waals surface area contributed by atoms with Crippen LogP contribution in [0.4, 0.5) is 10.1 Å². The zero-order valence-corrected chi connectivity index (χ0v) is 9.15. The maximum Gasteiger partial charge on any atom is 0.141 e. The summed E-state index contributed by atoms with van der Waals surface area (Å²) in [6, 6.07) is 16.1. The third kappa shape index (κ3) is 2.82. The molecule has 0 saturated carbocycles. The first-order valence-corrected chi connectivity index (χ1v) is 5.27. The molecule has 3 heteroatoms. The number of anilines is 1. The monoisotopic (exact) mass is 226 g/mol. The second-order valence-electron chi connectivity index (χ2n) is 3.65. The van der Waals surface area contributed by atoms with E-state index in [4.69, 9.17) is 5.26 Å². The summed E-state index contributed by atoms with van der Waals surface area (Å²) in [5, 5.41) is 11.9. The molecule has 0 atom stereocenters. The van der Waals surface area contributed by atoms with Gasteiger partial charge in [0.1, 0.15) is 11.9 Å². The number of nitriles is 1. The highest BCUT2D eigenvalue weighted by Gasteiger charge is 2.02. The maximum absolute atomic E-state index is 13.1. The van der Waals surface area contributed by atoms with E-state index in [0.717, 1.165) is 11.3 Å². The Morgan fingerprint density at radius 2 is 1.88 bits per heavy atom. The molecule has 0 aromatic heterocycles. The Bertz CT molecular complexity index is 544. The molecular weight excluding hydrogens is 215 g/mol. The number of nitrogens with one attached hydrogen (secondary N) is 1. The van der Waals surface area contributed by atoms with Crippen LogP contribution < -0.4 is 5.32 Å². The van der Waals surface area contributed by atoms with Gasteiger partial charge in [0.25, 0.3) is 0 Å². The molecular formula is C14H11FN2. The van der Waals surface area contributed by atoms with Crippen molar-refractivity contribution in [3.63, 3.8) is 0 Å². The summed E-state index contributed by atoms with van der Waals surface area (Å²) in [5.74, 6) is -0.488. The van der Waals surface area contributed by atoms with E-state index in [2.05, 4.69) is 5.32 Å². The van der Waals surface area contributed by atoms with Crippen molar-refractivity contribution < 1.29 is 4.39 Å². The summed E-state index contributed by atoms with van der Waals surface area (Å²) in [6.07, 6.45) is 0. The highest BCUT2D eigenvalue weighted by molar-refractivity contribution is 5.50. The van der Waals surface area contributed by atoms with Crippen molar-refractivity contribution in [2.24, 2.45) is 0 Å². The SMILES string of the molecule is N#Cc1cc(NCc2ccccc2)ccc1F. The highest BCUT2D eigenvalue weighted by Crippen LogP contribution is 2.14. The number of halogens is 1. The van der Waals surface area contributed by atoms with Crippen molar-refractivity contribution in [3.8, 4) is 6.07 Å². The lowest BCUT2D eigenvalue weighted by Crippen LogP contribution is -1.99. The van der Waals surface area contributed by atoms with E-state index >= 15 is 0 Å². The molecule has 84 valence electrons. The number of benzene rings is 2. The van der Waals surface area contributed by atoms with Gasteiger partial charge < -0.3 is 5.32 Å². The lowest BCUT2D eigenvalue weighted by Gasteiger charge is -2.06. The summed E-state index contributed by atoms with van der Waals surface area (Å²) in [5.41, 5.74) is 1.94. The average molecular weight is 226 g/mol. The van der Waals surface area contributed by atoms with Crippen LogP contribution in [0.3, 0.4) is 0 Å². The van der Waals surface area contributed by atoms with Crippen LogP contribution in [-0.4, -0.2) is 0 Å². The smallest absolute Gasteiger partial charge is 0.141 e. The molecule has 0 saturated heterocycles. The molecule has 0 unspecified atom stereocenters. The molecule has 2 aromatic carbocycles. The average Bonchev–Trinajstić information content (AvgIpc) is 2.39. The lowest BCUT2D eigenvalue weighted by atomic mass is 10.2. The van der Waals surface area contributed by atoms with Gasteiger partial charge in [-0.3, -0.25) is 0 Å². The first-order valence-electron chi connectivity index (χ1n) is 5.27. The highest BCUT2D eigenvalue weighted by atomic mass is 19.1. The molecule has 2 nitrogen and oxygen atoms in total. The van der Waals surface area contributed by atoms with Gasteiger partial charge in [-0.2, -0.15) is 5.26 Å². The van der Waals surface area contributed by atoms with Crippen molar-refractivity contribution in [1.82, 2.24) is 0 Å². The fourth-order valence-corrected chi connectivity index (χ4v) is 1.52. The summed E-state index contributed by atoms with van der Waals surface area (Å²) < 4.78 is 13.1. The van der Waals surface area contributed by atoms with Gasteiger partial charge in [-0.1, -0.05) is 30.3 Å². The Morgan fingerprint density at radius 3 is 2.59 bits per heavy atom. The second-order valence-corrected chi connectivity index (χ2v) is 3.65. The summed E-state index contributed by atoms with van der Waals surface area (Å²) in [6.45, 7) is 0.650. The minimum absolute atomic E-state index is 0.0584. The second kappa shape index (κ2) is 5.13. The third-order valence-corrected chi connectivity index (χ3v) is 2.43. The Morgan fingerprint density at radius 1 is 1.12 bits per heavy atom. The van der Waals surface area contributed by atoms with Crippen molar-refractivity contribution in [2.75, 3.05) is 5.32 Å². The zero-order valence-electron chi connectivity index (χ0n) is 9.15. The molecule has 0 spiro atoms. The molecule has 1 N–H and O–H groups in total. The fraction of sp³-hybridized carbons (Fsp3) is 0.0714. The van der Waals surface area contributed by atoms with Gasteiger partial charge in [0.2, 0.25) is 0 Å². The quantitative estimate of drug-likeness (QED) is 0.871. The van der Waals surface area contributed by atoms with Gasteiger partial charge >= 0.3 is 0 Å². The normalized spacial score (nSPS) is 9.65. The fourth-order valence-electron chi connectivity index (χ4n) is 1.52. The van der Waals surface area contributed by atoms with Gasteiger partial charge in [-0.25, -0.2) is 4.39 Å². The van der Waals surface area contributed by atoms with Crippen LogP contribution in [0.15, 0.2) is 48.5 Å². The van der Waals surface area contributed by atoms with Crippen molar-refractivity contribution >= 4 is 5.69 Å². The van der Waals surface area contributed by atoms with Crippen molar-refractivity contribution in [2.45, 2.75) is 6.54 Å². The Kier molecular flexibility index (Phi) is 3.37. The molecule has 0 aliphatic rings. The number of nitrogens with zero attached hydrogens (tertiary/aromatic N) is 1. The number of hydrogen-bond donors (Lipinski definition) is 1. The molecule has 0 fully saturated rings. The third-order valence-electron chi connectivity index (χ3n) is 2.43. The Balaban J connectivity index is 2.08. The van der Waals surface area contributed by atoms with Crippen molar-refractivity contribution in [1.29, 1.82) is 5.26 Å². The summed E-state index contributed by atoms with van der Waals surface area (Å²) in [7, 11) is 0. The molecule has 0 aliphatic heterocycles. The van der Waals surface area contributed by atoms with E-state index in [1.54, 1.807) is 6.07 Å². The van der Waals surface area contributed by atoms with Crippen LogP contribution >= 0.6 is 0 Å². The summed E-state index contributed by atoms with van der Waals surface area (Å²) >= 11 is 0.